The van der Waals surface area contributed by atoms with Gasteiger partial charge in [-0.15, -0.1) is 0 Å². The Morgan fingerprint density at radius 3 is 3.11 bits per heavy atom. The lowest BCUT2D eigenvalue weighted by Gasteiger charge is -2.08. The van der Waals surface area contributed by atoms with Crippen molar-refractivity contribution in [1.29, 1.82) is 0 Å². The van der Waals surface area contributed by atoms with E-state index in [0.717, 1.165) is 22.2 Å². The fraction of sp³-hybridized carbons (Fsp3) is 0.200. The lowest BCUT2D eigenvalue weighted by molar-refractivity contribution is 0.0991. The van der Waals surface area contributed by atoms with Gasteiger partial charge in [0.05, 0.1) is 6.61 Å². The number of ketones is 1. The van der Waals surface area contributed by atoms with Crippen LogP contribution in [0.25, 0.3) is 0 Å². The smallest absolute Gasteiger partial charge is 0.168 e. The number of aromatic nitrogens is 1. The van der Waals surface area contributed by atoms with Gasteiger partial charge in [0, 0.05) is 40.8 Å². The van der Waals surface area contributed by atoms with Crippen LogP contribution in [0.3, 0.4) is 0 Å². The van der Waals surface area contributed by atoms with Crippen molar-refractivity contribution in [3.63, 3.8) is 0 Å². The first kappa shape index (κ1) is 12.4. The molecule has 0 unspecified atom stereocenters. The van der Waals surface area contributed by atoms with Crippen molar-refractivity contribution < 1.29 is 9.53 Å². The minimum atomic E-state index is 0.0592. The van der Waals surface area contributed by atoms with Crippen LogP contribution in [0.2, 0.25) is 0 Å². The van der Waals surface area contributed by atoms with Gasteiger partial charge in [-0.05, 0) is 29.8 Å². The summed E-state index contributed by atoms with van der Waals surface area (Å²) in [4.78, 5) is 16.2. The third-order valence-electron chi connectivity index (χ3n) is 3.16. The third-order valence-corrected chi connectivity index (χ3v) is 3.62. The molecule has 2 aromatic rings. The van der Waals surface area contributed by atoms with E-state index in [4.69, 9.17) is 4.74 Å². The number of ether oxygens (including phenoxy) is 1. The van der Waals surface area contributed by atoms with Gasteiger partial charge in [0.1, 0.15) is 5.75 Å². The predicted octanol–water partition coefficient (Wildman–Crippen LogP) is 3.20. The molecular weight excluding hydrogens is 306 g/mol. The van der Waals surface area contributed by atoms with Crippen LogP contribution in [-0.4, -0.2) is 17.4 Å². The number of hydrogen-bond acceptors (Lipinski definition) is 3. The molecule has 1 aromatic heterocycles. The molecule has 2 heterocycles. The Labute approximate surface area is 119 Å². The standard InChI is InChI=1S/C15H12BrNO2/c16-13-6-10-3-5-19-15(10)12(7-13)8-14(18)11-2-1-4-17-9-11/h1-2,4,6-7,9H,3,5,8H2. The molecule has 19 heavy (non-hydrogen) atoms. The molecule has 1 aliphatic heterocycles. The fourth-order valence-corrected chi connectivity index (χ4v) is 2.83. The van der Waals surface area contributed by atoms with Gasteiger partial charge >= 0.3 is 0 Å². The summed E-state index contributed by atoms with van der Waals surface area (Å²) in [5.74, 6) is 0.935. The number of carbonyl (C=O) groups is 1. The lowest BCUT2D eigenvalue weighted by Crippen LogP contribution is -2.05. The summed E-state index contributed by atoms with van der Waals surface area (Å²) >= 11 is 3.48. The predicted molar refractivity (Wildman–Crippen MR) is 75.6 cm³/mol. The van der Waals surface area contributed by atoms with Crippen LogP contribution >= 0.6 is 15.9 Å². The van der Waals surface area contributed by atoms with E-state index in [1.165, 1.54) is 5.56 Å². The molecule has 1 aliphatic rings. The summed E-state index contributed by atoms with van der Waals surface area (Å²) in [5.41, 5.74) is 2.74. The molecule has 0 radical (unpaired) electrons. The molecule has 0 saturated carbocycles. The largest absolute Gasteiger partial charge is 0.493 e. The Balaban J connectivity index is 1.90. The molecule has 3 nitrogen and oxygen atoms in total. The maximum absolute atomic E-state index is 12.2. The van der Waals surface area contributed by atoms with Crippen molar-refractivity contribution in [2.75, 3.05) is 6.61 Å². The number of Topliss-reactive ketones (excluding diaryl/α,β-unsaturated/α-hetero) is 1. The Morgan fingerprint density at radius 2 is 2.32 bits per heavy atom. The summed E-state index contributed by atoms with van der Waals surface area (Å²) in [6.07, 6.45) is 4.51. The van der Waals surface area contributed by atoms with E-state index >= 15 is 0 Å². The molecular formula is C15H12BrNO2. The molecule has 0 saturated heterocycles. The molecule has 1 aromatic carbocycles. The van der Waals surface area contributed by atoms with E-state index in [2.05, 4.69) is 27.0 Å². The number of halogens is 1. The number of carbonyl (C=O) groups excluding carboxylic acids is 1. The molecule has 0 amide bonds. The highest BCUT2D eigenvalue weighted by molar-refractivity contribution is 9.10. The first-order valence-electron chi connectivity index (χ1n) is 6.11. The quantitative estimate of drug-likeness (QED) is 0.816. The number of nitrogens with zero attached hydrogens (tertiary/aromatic N) is 1. The second-order valence-corrected chi connectivity index (χ2v) is 5.41. The van der Waals surface area contributed by atoms with Crippen LogP contribution < -0.4 is 4.74 Å². The van der Waals surface area contributed by atoms with E-state index < -0.39 is 0 Å². The number of rotatable bonds is 3. The molecule has 0 aliphatic carbocycles. The Morgan fingerprint density at radius 1 is 1.42 bits per heavy atom. The average molecular weight is 318 g/mol. The second kappa shape index (κ2) is 5.13. The Bertz CT molecular complexity index is 626. The molecule has 3 rings (SSSR count). The van der Waals surface area contributed by atoms with Gasteiger partial charge in [-0.25, -0.2) is 0 Å². The maximum Gasteiger partial charge on any atom is 0.168 e. The van der Waals surface area contributed by atoms with Gasteiger partial charge in [0.15, 0.2) is 5.78 Å². The van der Waals surface area contributed by atoms with E-state index in [1.54, 1.807) is 24.5 Å². The first-order valence-corrected chi connectivity index (χ1v) is 6.90. The van der Waals surface area contributed by atoms with Crippen molar-refractivity contribution in [2.24, 2.45) is 0 Å². The topological polar surface area (TPSA) is 39.2 Å². The SMILES string of the molecule is O=C(Cc1cc(Br)cc2c1OCC2)c1cccnc1. The van der Waals surface area contributed by atoms with Crippen molar-refractivity contribution in [3.8, 4) is 5.75 Å². The molecule has 0 N–H and O–H groups in total. The second-order valence-electron chi connectivity index (χ2n) is 4.49. The molecule has 0 fully saturated rings. The molecule has 0 spiro atoms. The minimum absolute atomic E-state index is 0.0592. The average Bonchev–Trinajstić information content (AvgIpc) is 2.88. The van der Waals surface area contributed by atoms with Crippen LogP contribution in [0.1, 0.15) is 21.5 Å². The normalized spacial score (nSPS) is 12.9. The van der Waals surface area contributed by atoms with Crippen LogP contribution in [0.5, 0.6) is 5.75 Å². The van der Waals surface area contributed by atoms with Gasteiger partial charge in [-0.2, -0.15) is 0 Å². The summed E-state index contributed by atoms with van der Waals surface area (Å²) in [6.45, 7) is 0.694. The third kappa shape index (κ3) is 2.54. The highest BCUT2D eigenvalue weighted by Gasteiger charge is 2.19. The Hall–Kier alpha value is -1.68. The van der Waals surface area contributed by atoms with Gasteiger partial charge in [0.2, 0.25) is 0 Å². The summed E-state index contributed by atoms with van der Waals surface area (Å²) in [5, 5.41) is 0. The van der Waals surface area contributed by atoms with Crippen LogP contribution in [0, 0.1) is 0 Å². The molecule has 0 bridgehead atoms. The fourth-order valence-electron chi connectivity index (χ4n) is 2.28. The zero-order chi connectivity index (χ0) is 13.2. The van der Waals surface area contributed by atoms with Crippen molar-refractivity contribution in [2.45, 2.75) is 12.8 Å². The maximum atomic E-state index is 12.2. The van der Waals surface area contributed by atoms with Gasteiger partial charge in [0.25, 0.3) is 0 Å². The number of fused-ring (bicyclic) bond motifs is 1. The van der Waals surface area contributed by atoms with E-state index in [0.29, 0.717) is 18.6 Å². The monoisotopic (exact) mass is 317 g/mol. The van der Waals surface area contributed by atoms with Crippen LogP contribution in [-0.2, 0) is 12.8 Å². The highest BCUT2D eigenvalue weighted by Crippen LogP contribution is 2.33. The highest BCUT2D eigenvalue weighted by atomic mass is 79.9. The molecule has 96 valence electrons. The zero-order valence-corrected chi connectivity index (χ0v) is 11.8. The van der Waals surface area contributed by atoms with Gasteiger partial charge in [-0.3, -0.25) is 9.78 Å². The summed E-state index contributed by atoms with van der Waals surface area (Å²) in [6, 6.07) is 7.57. The van der Waals surface area contributed by atoms with Crippen molar-refractivity contribution in [3.05, 3.63) is 57.8 Å². The zero-order valence-electron chi connectivity index (χ0n) is 10.2. The van der Waals surface area contributed by atoms with Crippen LogP contribution in [0.15, 0.2) is 41.1 Å². The van der Waals surface area contributed by atoms with Crippen LogP contribution in [0.4, 0.5) is 0 Å². The van der Waals surface area contributed by atoms with E-state index in [1.807, 2.05) is 6.07 Å². The number of benzene rings is 1. The first-order chi connectivity index (χ1) is 9.24. The summed E-state index contributed by atoms with van der Waals surface area (Å²) in [7, 11) is 0. The lowest BCUT2D eigenvalue weighted by atomic mass is 10.0. The number of pyridine rings is 1. The van der Waals surface area contributed by atoms with Crippen molar-refractivity contribution in [1.82, 2.24) is 4.98 Å². The van der Waals surface area contributed by atoms with Crippen molar-refractivity contribution >= 4 is 21.7 Å². The summed E-state index contributed by atoms with van der Waals surface area (Å²) < 4.78 is 6.62. The molecule has 0 atom stereocenters. The number of hydrogen-bond donors (Lipinski definition) is 0. The van der Waals surface area contributed by atoms with E-state index in [9.17, 15) is 4.79 Å². The van der Waals surface area contributed by atoms with E-state index in [-0.39, 0.29) is 5.78 Å². The van der Waals surface area contributed by atoms with Gasteiger partial charge < -0.3 is 4.74 Å². The van der Waals surface area contributed by atoms with Gasteiger partial charge in [-0.1, -0.05) is 15.9 Å². The Kier molecular flexibility index (Phi) is 3.34. The minimum Gasteiger partial charge on any atom is -0.493 e. The molecule has 4 heteroatoms.